The van der Waals surface area contributed by atoms with Crippen LogP contribution in [0.15, 0.2) is 12.7 Å². The summed E-state index contributed by atoms with van der Waals surface area (Å²) >= 11 is 0. The van der Waals surface area contributed by atoms with Crippen LogP contribution in [0.3, 0.4) is 0 Å². The van der Waals surface area contributed by atoms with Gasteiger partial charge in [-0.15, -0.1) is 0 Å². The van der Waals surface area contributed by atoms with Crippen LogP contribution >= 0.6 is 0 Å². The molecule has 0 radical (unpaired) electrons. The molecule has 0 unspecified atom stereocenters. The topological polar surface area (TPSA) is 73.9 Å². The third-order valence-corrected chi connectivity index (χ3v) is 0.503. The van der Waals surface area contributed by atoms with Crippen LogP contribution in [-0.2, 0) is 9.53 Å². The van der Waals surface area contributed by atoms with Crippen LogP contribution in [0, 0.1) is 22.7 Å². The van der Waals surface area contributed by atoms with E-state index in [-0.39, 0.29) is 5.97 Å². The van der Waals surface area contributed by atoms with Crippen molar-refractivity contribution in [1.82, 2.24) is 0 Å². The number of nitriles is 2. The number of hydrogen-bond donors (Lipinski definition) is 0. The number of nitrogens with zero attached hydrogens (tertiary/aromatic N) is 2. The smallest absolute Gasteiger partial charge is 0.330 e. The van der Waals surface area contributed by atoms with Gasteiger partial charge < -0.3 is 4.74 Å². The molecule has 0 atom stereocenters. The first kappa shape index (κ1) is 11.9. The van der Waals surface area contributed by atoms with Gasteiger partial charge in [-0.2, -0.15) is 10.5 Å². The molecule has 0 aliphatic carbocycles. The summed E-state index contributed by atoms with van der Waals surface area (Å²) < 4.78 is 4.43. The van der Waals surface area contributed by atoms with Crippen LogP contribution in [0.4, 0.5) is 0 Å². The first-order valence-corrected chi connectivity index (χ1v) is 2.80. The zero-order valence-corrected chi connectivity index (χ0v) is 6.20. The van der Waals surface area contributed by atoms with Gasteiger partial charge >= 0.3 is 5.97 Å². The minimum atomic E-state index is -0.359. The van der Waals surface area contributed by atoms with E-state index in [0.29, 0.717) is 6.61 Å². The number of esters is 1. The lowest BCUT2D eigenvalue weighted by atomic mass is 10.6. The fourth-order valence-electron chi connectivity index (χ4n) is 0.201. The molecule has 4 nitrogen and oxygen atoms in total. The predicted molar refractivity (Wildman–Crippen MR) is 38.1 cm³/mol. The van der Waals surface area contributed by atoms with E-state index >= 15 is 0 Å². The maximum absolute atomic E-state index is 10.1. The second-order valence-corrected chi connectivity index (χ2v) is 1.18. The van der Waals surface area contributed by atoms with Crippen molar-refractivity contribution in [3.63, 3.8) is 0 Å². The predicted octanol–water partition coefficient (Wildman–Crippen LogP) is 0.769. The van der Waals surface area contributed by atoms with Crippen molar-refractivity contribution in [1.29, 1.82) is 10.5 Å². The van der Waals surface area contributed by atoms with E-state index in [1.807, 2.05) is 0 Å². The van der Waals surface area contributed by atoms with Crippen molar-refractivity contribution in [2.45, 2.75) is 6.92 Å². The summed E-state index contributed by atoms with van der Waals surface area (Å²) in [5, 5.41) is 14.5. The van der Waals surface area contributed by atoms with E-state index in [4.69, 9.17) is 10.5 Å². The lowest BCUT2D eigenvalue weighted by Gasteiger charge is -1.90. The van der Waals surface area contributed by atoms with Crippen LogP contribution in [0.25, 0.3) is 0 Å². The molecule has 0 rings (SSSR count). The Labute approximate surface area is 65.3 Å². The van der Waals surface area contributed by atoms with Gasteiger partial charge in [-0.05, 0) is 6.92 Å². The van der Waals surface area contributed by atoms with Crippen molar-refractivity contribution in [2.24, 2.45) is 0 Å². The number of ether oxygens (including phenoxy) is 1. The van der Waals surface area contributed by atoms with Gasteiger partial charge in [0.1, 0.15) is 0 Å². The molecule has 58 valence electrons. The third kappa shape index (κ3) is 17.9. The summed E-state index contributed by atoms with van der Waals surface area (Å²) in [5.74, 6) is -0.359. The van der Waals surface area contributed by atoms with Gasteiger partial charge in [-0.25, -0.2) is 4.79 Å². The molecule has 0 aliphatic rings. The summed E-state index contributed by atoms with van der Waals surface area (Å²) in [4.78, 5) is 10.1. The Kier molecular flexibility index (Phi) is 12.0. The normalized spacial score (nSPS) is 5.73. The van der Waals surface area contributed by atoms with Gasteiger partial charge in [-0.1, -0.05) is 6.58 Å². The first-order chi connectivity index (χ1) is 5.22. The first-order valence-electron chi connectivity index (χ1n) is 2.80. The van der Waals surface area contributed by atoms with E-state index in [2.05, 4.69) is 11.3 Å². The second-order valence-electron chi connectivity index (χ2n) is 1.18. The number of hydrogen-bond acceptors (Lipinski definition) is 4. The monoisotopic (exact) mass is 152 g/mol. The van der Waals surface area contributed by atoms with E-state index < -0.39 is 0 Å². The Hall–Kier alpha value is -1.81. The van der Waals surface area contributed by atoms with Crippen molar-refractivity contribution in [2.75, 3.05) is 6.61 Å². The van der Waals surface area contributed by atoms with Crippen molar-refractivity contribution in [3.05, 3.63) is 12.7 Å². The molecule has 0 aliphatic heterocycles. The quantitative estimate of drug-likeness (QED) is 0.432. The van der Waals surface area contributed by atoms with Gasteiger partial charge in [-0.3, -0.25) is 0 Å². The van der Waals surface area contributed by atoms with Crippen LogP contribution in [0.1, 0.15) is 6.92 Å². The molecule has 0 heterocycles. The highest BCUT2D eigenvalue weighted by Gasteiger charge is 1.86. The lowest BCUT2D eigenvalue weighted by molar-refractivity contribution is -0.137. The van der Waals surface area contributed by atoms with Gasteiger partial charge in [0.25, 0.3) is 0 Å². The molecule has 11 heavy (non-hydrogen) atoms. The summed E-state index contributed by atoms with van der Waals surface area (Å²) in [6.07, 6.45) is 1.14. The molecule has 0 saturated heterocycles. The molecule has 0 amide bonds. The summed E-state index contributed by atoms with van der Waals surface area (Å²) in [6.45, 7) is 5.38. The number of rotatable bonds is 2. The summed E-state index contributed by atoms with van der Waals surface area (Å²) in [6, 6.07) is 2.47. The molecule has 0 aromatic carbocycles. The Balaban J connectivity index is 0. The highest BCUT2D eigenvalue weighted by molar-refractivity contribution is 5.81. The van der Waals surface area contributed by atoms with Crippen molar-refractivity contribution < 1.29 is 9.53 Å². The molecule has 0 saturated carbocycles. The molecule has 4 heteroatoms. The average Bonchev–Trinajstić information content (AvgIpc) is 2.05. The van der Waals surface area contributed by atoms with Crippen LogP contribution in [0.5, 0.6) is 0 Å². The molecule has 0 N–H and O–H groups in total. The average molecular weight is 152 g/mol. The van der Waals surface area contributed by atoms with E-state index in [0.717, 1.165) is 6.08 Å². The summed E-state index contributed by atoms with van der Waals surface area (Å²) in [7, 11) is 0. The van der Waals surface area contributed by atoms with Gasteiger partial charge in [0.05, 0.1) is 6.61 Å². The molecule has 0 aromatic heterocycles. The highest BCUT2D eigenvalue weighted by atomic mass is 16.5. The van der Waals surface area contributed by atoms with Gasteiger partial charge in [0.15, 0.2) is 12.1 Å². The second kappa shape index (κ2) is 11.0. The fraction of sp³-hybridized carbons (Fsp3) is 0.286. The maximum atomic E-state index is 10.1. The zero-order valence-electron chi connectivity index (χ0n) is 6.20. The SMILES string of the molecule is C=CC(=O)OCC.N#CC#N. The Morgan fingerprint density at radius 1 is 1.64 bits per heavy atom. The molecular formula is C7H8N2O2. The van der Waals surface area contributed by atoms with Gasteiger partial charge in [0, 0.05) is 6.08 Å². The van der Waals surface area contributed by atoms with Crippen LogP contribution < -0.4 is 0 Å². The Bertz CT molecular complexity index is 185. The van der Waals surface area contributed by atoms with Crippen molar-refractivity contribution >= 4 is 5.97 Å². The molecule has 0 spiro atoms. The molecule has 0 bridgehead atoms. The molecular weight excluding hydrogens is 144 g/mol. The largest absolute Gasteiger partial charge is 0.463 e. The Morgan fingerprint density at radius 2 is 2.09 bits per heavy atom. The van der Waals surface area contributed by atoms with E-state index in [9.17, 15) is 4.79 Å². The van der Waals surface area contributed by atoms with E-state index in [1.54, 1.807) is 6.92 Å². The zero-order chi connectivity index (χ0) is 9.11. The van der Waals surface area contributed by atoms with Gasteiger partial charge in [0.2, 0.25) is 0 Å². The minimum absolute atomic E-state index is 0.359. The maximum Gasteiger partial charge on any atom is 0.330 e. The number of carbonyl (C=O) groups excluding carboxylic acids is 1. The van der Waals surface area contributed by atoms with Crippen molar-refractivity contribution in [3.8, 4) is 12.1 Å². The highest BCUT2D eigenvalue weighted by Crippen LogP contribution is 1.74. The standard InChI is InChI=1S/C5H8O2.C2N2/c1-3-5(6)7-4-2;3-1-2-4/h3H,1,4H2,2H3;. The molecule has 0 fully saturated rings. The van der Waals surface area contributed by atoms with E-state index in [1.165, 1.54) is 12.1 Å². The Morgan fingerprint density at radius 3 is 2.18 bits per heavy atom. The number of carbonyl (C=O) groups is 1. The fourth-order valence-corrected chi connectivity index (χ4v) is 0.201. The third-order valence-electron chi connectivity index (χ3n) is 0.503. The van der Waals surface area contributed by atoms with Crippen LogP contribution in [-0.4, -0.2) is 12.6 Å². The molecule has 0 aromatic rings. The summed E-state index contributed by atoms with van der Waals surface area (Å²) in [5.41, 5.74) is 0. The minimum Gasteiger partial charge on any atom is -0.463 e. The lowest BCUT2D eigenvalue weighted by Crippen LogP contribution is -1.97. The van der Waals surface area contributed by atoms with Crippen LogP contribution in [0.2, 0.25) is 0 Å².